The third-order valence-corrected chi connectivity index (χ3v) is 9.90. The lowest BCUT2D eigenvalue weighted by Crippen LogP contribution is -2.57. The second-order valence-electron chi connectivity index (χ2n) is 11.1. The van der Waals surface area contributed by atoms with Crippen molar-refractivity contribution in [2.75, 3.05) is 19.0 Å². The molecule has 2 heterocycles. The van der Waals surface area contributed by atoms with Crippen LogP contribution in [0.1, 0.15) is 65.7 Å². The number of furan rings is 1. The molecule has 208 valence electrons. The van der Waals surface area contributed by atoms with Crippen molar-refractivity contribution in [2.24, 2.45) is 16.7 Å². The number of carbonyl (C=O) groups is 2. The fourth-order valence-electron chi connectivity index (χ4n) is 6.47. The van der Waals surface area contributed by atoms with E-state index in [1.807, 2.05) is 13.0 Å². The Bertz CT molecular complexity index is 1320. The Morgan fingerprint density at radius 1 is 1.23 bits per heavy atom. The van der Waals surface area contributed by atoms with Gasteiger partial charge in [0.2, 0.25) is 5.91 Å². The summed E-state index contributed by atoms with van der Waals surface area (Å²) in [5.41, 5.74) is 0.198. The molecule has 1 aromatic carbocycles. The van der Waals surface area contributed by atoms with Gasteiger partial charge < -0.3 is 24.7 Å². The Morgan fingerprint density at radius 3 is 2.67 bits per heavy atom. The molecule has 4 N–H and O–H groups in total. The van der Waals surface area contributed by atoms with E-state index in [4.69, 9.17) is 14.1 Å². The number of hydrogen-bond donors (Lipinski definition) is 4. The SMILES string of the molecule is COc1ccc(C(=O)Nc2nc3c(s2)CC2C(C)(CO)C(O)CCC2(C)C3CC(=O)NCc2ccco2)cc1. The first-order valence-corrected chi connectivity index (χ1v) is 14.0. The molecule has 5 rings (SSSR count). The molecule has 0 bridgehead atoms. The van der Waals surface area contributed by atoms with Crippen LogP contribution in [0.15, 0.2) is 47.1 Å². The molecule has 2 aliphatic carbocycles. The van der Waals surface area contributed by atoms with Crippen molar-refractivity contribution in [3.63, 3.8) is 0 Å². The summed E-state index contributed by atoms with van der Waals surface area (Å²) >= 11 is 1.40. The number of thiazole rings is 1. The number of nitrogens with one attached hydrogen (secondary N) is 2. The number of amides is 2. The van der Waals surface area contributed by atoms with Gasteiger partial charge in [-0.3, -0.25) is 14.9 Å². The first kappa shape index (κ1) is 27.4. The Balaban J connectivity index is 1.44. The standard InChI is InChI=1S/C29H35N3O6S/c1-28-11-10-23(34)29(2,16-33)22(28)14-21-25(20(28)13-24(35)30-15-19-5-4-12-38-19)31-27(39-21)32-26(36)17-6-8-18(37-3)9-7-17/h4-9,12,20,22-23,33-34H,10-11,13-16H2,1-3H3,(H,30,35)(H,31,32,36). The summed E-state index contributed by atoms with van der Waals surface area (Å²) in [6, 6.07) is 10.4. The third kappa shape index (κ3) is 5.08. The minimum Gasteiger partial charge on any atom is -0.497 e. The maximum absolute atomic E-state index is 13.2. The molecule has 2 amide bonds. The molecule has 2 aliphatic rings. The molecular weight excluding hydrogens is 518 g/mol. The zero-order valence-corrected chi connectivity index (χ0v) is 23.2. The summed E-state index contributed by atoms with van der Waals surface area (Å²) in [6.07, 6.45) is 2.98. The number of nitrogens with zero attached hydrogens (tertiary/aromatic N) is 1. The molecule has 1 fully saturated rings. The Kier molecular flexibility index (Phi) is 7.54. The van der Waals surface area contributed by atoms with Gasteiger partial charge in [-0.2, -0.15) is 0 Å². The number of methoxy groups -OCH3 is 1. The topological polar surface area (TPSA) is 134 Å². The number of carbonyl (C=O) groups excluding carboxylic acids is 2. The van der Waals surface area contributed by atoms with E-state index in [1.165, 1.54) is 11.3 Å². The van der Waals surface area contributed by atoms with Crippen molar-refractivity contribution in [3.05, 3.63) is 64.6 Å². The van der Waals surface area contributed by atoms with Crippen molar-refractivity contribution in [2.45, 2.75) is 58.1 Å². The van der Waals surface area contributed by atoms with E-state index in [0.29, 0.717) is 48.0 Å². The van der Waals surface area contributed by atoms with E-state index in [-0.39, 0.29) is 42.1 Å². The van der Waals surface area contributed by atoms with Gasteiger partial charge in [0.05, 0.1) is 38.3 Å². The van der Waals surface area contributed by atoms with Crippen LogP contribution in [0.3, 0.4) is 0 Å². The first-order chi connectivity index (χ1) is 18.7. The van der Waals surface area contributed by atoms with E-state index < -0.39 is 11.5 Å². The van der Waals surface area contributed by atoms with Gasteiger partial charge in [0.15, 0.2) is 5.13 Å². The van der Waals surface area contributed by atoms with Gasteiger partial charge in [-0.05, 0) is 67.0 Å². The van der Waals surface area contributed by atoms with Crippen LogP contribution in [0.5, 0.6) is 5.75 Å². The van der Waals surface area contributed by atoms with Crippen LogP contribution in [0.2, 0.25) is 0 Å². The fraction of sp³-hybridized carbons (Fsp3) is 0.483. The number of aliphatic hydroxyl groups is 2. The molecular formula is C29H35N3O6S. The summed E-state index contributed by atoms with van der Waals surface area (Å²) < 4.78 is 10.5. The maximum atomic E-state index is 13.2. The lowest BCUT2D eigenvalue weighted by molar-refractivity contribution is -0.144. The van der Waals surface area contributed by atoms with Crippen LogP contribution in [0.25, 0.3) is 0 Å². The van der Waals surface area contributed by atoms with E-state index in [9.17, 15) is 19.8 Å². The van der Waals surface area contributed by atoms with Gasteiger partial charge in [-0.1, -0.05) is 13.8 Å². The lowest BCUT2D eigenvalue weighted by Gasteiger charge is -2.58. The molecule has 9 nitrogen and oxygen atoms in total. The number of aliphatic hydroxyl groups excluding tert-OH is 2. The van der Waals surface area contributed by atoms with Crippen LogP contribution in [-0.4, -0.2) is 46.8 Å². The quantitative estimate of drug-likeness (QED) is 0.330. The van der Waals surface area contributed by atoms with Crippen LogP contribution in [0.4, 0.5) is 5.13 Å². The smallest absolute Gasteiger partial charge is 0.257 e. The molecule has 3 aromatic rings. The number of benzene rings is 1. The molecule has 0 saturated heterocycles. The second-order valence-corrected chi connectivity index (χ2v) is 12.2. The molecule has 0 radical (unpaired) electrons. The maximum Gasteiger partial charge on any atom is 0.257 e. The van der Waals surface area contributed by atoms with E-state index >= 15 is 0 Å². The van der Waals surface area contributed by atoms with Gasteiger partial charge in [0, 0.05) is 28.2 Å². The number of aromatic nitrogens is 1. The van der Waals surface area contributed by atoms with Crippen LogP contribution in [-0.2, 0) is 17.8 Å². The molecule has 0 aliphatic heterocycles. The summed E-state index contributed by atoms with van der Waals surface area (Å²) in [4.78, 5) is 32.0. The van der Waals surface area contributed by atoms with Crippen LogP contribution in [0, 0.1) is 16.7 Å². The van der Waals surface area contributed by atoms with Gasteiger partial charge in [0.25, 0.3) is 5.91 Å². The molecule has 5 atom stereocenters. The normalized spacial score (nSPS) is 27.8. The molecule has 39 heavy (non-hydrogen) atoms. The summed E-state index contributed by atoms with van der Waals surface area (Å²) in [5.74, 6) is 0.606. The minimum absolute atomic E-state index is 0.0697. The highest BCUT2D eigenvalue weighted by molar-refractivity contribution is 7.15. The van der Waals surface area contributed by atoms with Gasteiger partial charge in [-0.25, -0.2) is 4.98 Å². The van der Waals surface area contributed by atoms with Crippen molar-refractivity contribution < 1.29 is 29.0 Å². The zero-order valence-electron chi connectivity index (χ0n) is 22.4. The molecule has 2 aromatic heterocycles. The monoisotopic (exact) mass is 553 g/mol. The van der Waals surface area contributed by atoms with E-state index in [1.54, 1.807) is 43.7 Å². The van der Waals surface area contributed by atoms with Gasteiger partial charge in [0.1, 0.15) is 11.5 Å². The number of hydrogen-bond acceptors (Lipinski definition) is 8. The molecule has 0 spiro atoms. The predicted octanol–water partition coefficient (Wildman–Crippen LogP) is 4.12. The molecule has 1 saturated carbocycles. The highest BCUT2D eigenvalue weighted by Crippen LogP contribution is 2.62. The first-order valence-electron chi connectivity index (χ1n) is 13.2. The highest BCUT2D eigenvalue weighted by Gasteiger charge is 2.59. The Labute approximate surface area is 231 Å². The third-order valence-electron chi connectivity index (χ3n) is 8.90. The van der Waals surface area contributed by atoms with Crippen molar-refractivity contribution in [1.29, 1.82) is 0 Å². The number of fused-ring (bicyclic) bond motifs is 2. The van der Waals surface area contributed by atoms with Gasteiger partial charge in [-0.15, -0.1) is 11.3 Å². The van der Waals surface area contributed by atoms with Crippen molar-refractivity contribution >= 4 is 28.3 Å². The largest absolute Gasteiger partial charge is 0.497 e. The average molecular weight is 554 g/mol. The van der Waals surface area contributed by atoms with Crippen LogP contribution < -0.4 is 15.4 Å². The molecule has 5 unspecified atom stereocenters. The summed E-state index contributed by atoms with van der Waals surface area (Å²) in [7, 11) is 1.57. The van der Waals surface area contributed by atoms with Crippen LogP contribution >= 0.6 is 11.3 Å². The lowest BCUT2D eigenvalue weighted by atomic mass is 9.47. The van der Waals surface area contributed by atoms with E-state index in [2.05, 4.69) is 17.6 Å². The summed E-state index contributed by atoms with van der Waals surface area (Å²) in [6.45, 7) is 4.23. The van der Waals surface area contributed by atoms with Crippen molar-refractivity contribution in [3.8, 4) is 5.75 Å². The molecule has 10 heteroatoms. The summed E-state index contributed by atoms with van der Waals surface area (Å²) in [5, 5.41) is 27.7. The number of anilines is 1. The van der Waals surface area contributed by atoms with Gasteiger partial charge >= 0.3 is 0 Å². The number of rotatable bonds is 8. The Hall–Kier alpha value is -3.21. The van der Waals surface area contributed by atoms with E-state index in [0.717, 1.165) is 10.6 Å². The average Bonchev–Trinajstić information content (AvgIpc) is 3.61. The van der Waals surface area contributed by atoms with Crippen molar-refractivity contribution in [1.82, 2.24) is 10.3 Å². The zero-order chi connectivity index (χ0) is 27.8. The fourth-order valence-corrected chi connectivity index (χ4v) is 7.53. The minimum atomic E-state index is -0.718. The Morgan fingerprint density at radius 2 is 2.00 bits per heavy atom. The predicted molar refractivity (Wildman–Crippen MR) is 147 cm³/mol. The highest BCUT2D eigenvalue weighted by atomic mass is 32.1. The number of ether oxygens (including phenoxy) is 1. The second kappa shape index (κ2) is 10.7.